The first kappa shape index (κ1) is 10.3. The van der Waals surface area contributed by atoms with Gasteiger partial charge in [0.1, 0.15) is 0 Å². The molecule has 2 rings (SSSR count). The molecule has 2 fully saturated rings. The van der Waals surface area contributed by atoms with Gasteiger partial charge in [0, 0.05) is 6.54 Å². The minimum Gasteiger partial charge on any atom is -0.449 e. The monoisotopic (exact) mass is 186 g/mol. The number of cyclic esters (lactones) is 1. The molecule has 2 aliphatic rings. The van der Waals surface area contributed by atoms with Crippen LogP contribution in [0.25, 0.3) is 0 Å². The normalized spacial score (nSPS) is 22.0. The third-order valence-electron chi connectivity index (χ3n) is 2.03. The second-order valence-electron chi connectivity index (χ2n) is 3.23. The molecule has 2 saturated heterocycles. The summed E-state index contributed by atoms with van der Waals surface area (Å²) in [4.78, 5) is 10.1. The highest BCUT2D eigenvalue weighted by molar-refractivity contribution is 5.67. The first-order valence-electron chi connectivity index (χ1n) is 5.01. The summed E-state index contributed by atoms with van der Waals surface area (Å²) >= 11 is 0. The van der Waals surface area contributed by atoms with Crippen LogP contribution in [0.15, 0.2) is 0 Å². The summed E-state index contributed by atoms with van der Waals surface area (Å²) in [6.07, 6.45) is 4.87. The summed E-state index contributed by atoms with van der Waals surface area (Å²) in [6, 6.07) is 0. The van der Waals surface area contributed by atoms with E-state index in [9.17, 15) is 4.79 Å². The van der Waals surface area contributed by atoms with Gasteiger partial charge in [0.15, 0.2) is 0 Å². The van der Waals surface area contributed by atoms with Gasteiger partial charge < -0.3 is 15.4 Å². The van der Waals surface area contributed by atoms with Gasteiger partial charge in [-0.15, -0.1) is 0 Å². The zero-order chi connectivity index (χ0) is 9.36. The van der Waals surface area contributed by atoms with Crippen molar-refractivity contribution in [1.29, 1.82) is 0 Å². The zero-order valence-electron chi connectivity index (χ0n) is 7.97. The second-order valence-corrected chi connectivity index (χ2v) is 3.23. The Bertz CT molecular complexity index is 127. The Kier molecular flexibility index (Phi) is 5.33. The first-order valence-corrected chi connectivity index (χ1v) is 5.01. The molecule has 13 heavy (non-hydrogen) atoms. The van der Waals surface area contributed by atoms with Gasteiger partial charge in [0.25, 0.3) is 0 Å². The van der Waals surface area contributed by atoms with Crippen molar-refractivity contribution in [2.75, 3.05) is 26.2 Å². The molecule has 76 valence electrons. The second kappa shape index (κ2) is 6.71. The van der Waals surface area contributed by atoms with Crippen molar-refractivity contribution in [1.82, 2.24) is 10.6 Å². The van der Waals surface area contributed by atoms with E-state index in [2.05, 4.69) is 15.4 Å². The van der Waals surface area contributed by atoms with Crippen molar-refractivity contribution < 1.29 is 9.53 Å². The van der Waals surface area contributed by atoms with Crippen LogP contribution in [-0.2, 0) is 4.74 Å². The van der Waals surface area contributed by atoms with Gasteiger partial charge in [0.2, 0.25) is 0 Å². The molecule has 0 radical (unpaired) electrons. The number of hydrogen-bond donors (Lipinski definition) is 2. The Labute approximate surface area is 79.0 Å². The molecule has 0 bridgehead atoms. The molecule has 2 N–H and O–H groups in total. The van der Waals surface area contributed by atoms with Gasteiger partial charge in [-0.1, -0.05) is 6.42 Å². The van der Waals surface area contributed by atoms with Crippen molar-refractivity contribution in [2.24, 2.45) is 0 Å². The fourth-order valence-corrected chi connectivity index (χ4v) is 1.28. The van der Waals surface area contributed by atoms with Gasteiger partial charge in [-0.2, -0.15) is 0 Å². The summed E-state index contributed by atoms with van der Waals surface area (Å²) in [5.41, 5.74) is 0. The first-order chi connectivity index (χ1) is 6.39. The Hall–Kier alpha value is -0.770. The maximum absolute atomic E-state index is 10.1. The number of carbonyl (C=O) groups is 1. The van der Waals surface area contributed by atoms with Crippen LogP contribution in [0, 0.1) is 0 Å². The number of piperidine rings is 1. The molecule has 1 amide bonds. The number of rotatable bonds is 0. The molecule has 0 aromatic carbocycles. The van der Waals surface area contributed by atoms with Crippen molar-refractivity contribution in [2.45, 2.75) is 25.7 Å². The minimum atomic E-state index is -0.286. The van der Waals surface area contributed by atoms with Gasteiger partial charge in [-0.25, -0.2) is 4.79 Å². The van der Waals surface area contributed by atoms with E-state index in [-0.39, 0.29) is 6.09 Å². The van der Waals surface area contributed by atoms with Gasteiger partial charge in [-0.3, -0.25) is 0 Å². The average molecular weight is 186 g/mol. The minimum absolute atomic E-state index is 0.286. The molecule has 0 aromatic rings. The van der Waals surface area contributed by atoms with E-state index >= 15 is 0 Å². The van der Waals surface area contributed by atoms with Crippen LogP contribution >= 0.6 is 0 Å². The van der Waals surface area contributed by atoms with Crippen LogP contribution in [0.3, 0.4) is 0 Å². The number of alkyl carbamates (subject to hydrolysis) is 1. The molecule has 0 aromatic heterocycles. The smallest absolute Gasteiger partial charge is 0.407 e. The highest BCUT2D eigenvalue weighted by atomic mass is 16.5. The molecular weight excluding hydrogens is 168 g/mol. The SMILES string of the molecule is C1CCNCC1.O=C1NCCCO1. The van der Waals surface area contributed by atoms with E-state index in [0.29, 0.717) is 6.61 Å². The lowest BCUT2D eigenvalue weighted by Crippen LogP contribution is -2.31. The Morgan fingerprint density at radius 1 is 1.00 bits per heavy atom. The van der Waals surface area contributed by atoms with E-state index in [1.54, 1.807) is 0 Å². The van der Waals surface area contributed by atoms with Crippen LogP contribution in [0.5, 0.6) is 0 Å². The maximum atomic E-state index is 10.1. The van der Waals surface area contributed by atoms with Gasteiger partial charge in [0.05, 0.1) is 6.61 Å². The molecule has 2 aliphatic heterocycles. The standard InChI is InChI=1S/C5H11N.C4H7NO2/c1-2-4-6-5-3-1;6-4-5-2-1-3-7-4/h6H,1-5H2;1-3H2,(H,5,6). The molecule has 0 spiro atoms. The Morgan fingerprint density at radius 2 is 1.77 bits per heavy atom. The predicted octanol–water partition coefficient (Wildman–Crippen LogP) is 0.876. The van der Waals surface area contributed by atoms with Crippen molar-refractivity contribution in [3.05, 3.63) is 0 Å². The Morgan fingerprint density at radius 3 is 2.00 bits per heavy atom. The van der Waals surface area contributed by atoms with Crippen molar-refractivity contribution in [3.8, 4) is 0 Å². The van der Waals surface area contributed by atoms with E-state index in [1.807, 2.05) is 0 Å². The topological polar surface area (TPSA) is 50.4 Å². The number of hydrogen-bond acceptors (Lipinski definition) is 3. The lowest BCUT2D eigenvalue weighted by atomic mass is 10.2. The summed E-state index contributed by atoms with van der Waals surface area (Å²) in [5, 5.41) is 5.81. The van der Waals surface area contributed by atoms with Gasteiger partial charge >= 0.3 is 6.09 Å². The summed E-state index contributed by atoms with van der Waals surface area (Å²) in [7, 11) is 0. The summed E-state index contributed by atoms with van der Waals surface area (Å²) in [6.45, 7) is 3.84. The molecule has 4 nitrogen and oxygen atoms in total. The highest BCUT2D eigenvalue weighted by Gasteiger charge is 2.04. The molecule has 0 atom stereocenters. The molecular formula is C9H18N2O2. The van der Waals surface area contributed by atoms with E-state index in [0.717, 1.165) is 13.0 Å². The van der Waals surface area contributed by atoms with Crippen LogP contribution in [-0.4, -0.2) is 32.3 Å². The predicted molar refractivity (Wildman–Crippen MR) is 50.7 cm³/mol. The molecule has 0 aliphatic carbocycles. The lowest BCUT2D eigenvalue weighted by molar-refractivity contribution is 0.129. The quantitative estimate of drug-likeness (QED) is 0.590. The van der Waals surface area contributed by atoms with Crippen molar-refractivity contribution in [3.63, 3.8) is 0 Å². The van der Waals surface area contributed by atoms with Crippen LogP contribution in [0.2, 0.25) is 0 Å². The van der Waals surface area contributed by atoms with Crippen LogP contribution in [0.4, 0.5) is 4.79 Å². The third kappa shape index (κ3) is 5.47. The van der Waals surface area contributed by atoms with Crippen molar-refractivity contribution >= 4 is 6.09 Å². The maximum Gasteiger partial charge on any atom is 0.407 e. The number of nitrogens with one attached hydrogen (secondary N) is 2. The largest absolute Gasteiger partial charge is 0.449 e. The molecule has 0 unspecified atom stereocenters. The lowest BCUT2D eigenvalue weighted by Gasteiger charge is -2.10. The zero-order valence-corrected chi connectivity index (χ0v) is 7.97. The Balaban J connectivity index is 0.000000132. The fraction of sp³-hybridized carbons (Fsp3) is 0.889. The molecule has 2 heterocycles. The summed E-state index contributed by atoms with van der Waals surface area (Å²) < 4.78 is 4.53. The molecule has 4 heteroatoms. The van der Waals surface area contributed by atoms with E-state index in [1.165, 1.54) is 32.4 Å². The fourth-order valence-electron chi connectivity index (χ4n) is 1.28. The molecule has 0 saturated carbocycles. The van der Waals surface area contributed by atoms with Gasteiger partial charge in [-0.05, 0) is 32.4 Å². The van der Waals surface area contributed by atoms with Crippen LogP contribution < -0.4 is 10.6 Å². The summed E-state index contributed by atoms with van der Waals surface area (Å²) in [5.74, 6) is 0. The van der Waals surface area contributed by atoms with Crippen LogP contribution in [0.1, 0.15) is 25.7 Å². The average Bonchev–Trinajstić information content (AvgIpc) is 2.22. The highest BCUT2D eigenvalue weighted by Crippen LogP contribution is 1.96. The number of carbonyl (C=O) groups excluding carboxylic acids is 1. The number of ether oxygens (including phenoxy) is 1. The van der Waals surface area contributed by atoms with E-state index in [4.69, 9.17) is 0 Å². The third-order valence-corrected chi connectivity index (χ3v) is 2.03. The number of amides is 1. The van der Waals surface area contributed by atoms with E-state index < -0.39 is 0 Å².